The van der Waals surface area contributed by atoms with Crippen molar-refractivity contribution in [2.75, 3.05) is 93.8 Å². The predicted molar refractivity (Wildman–Crippen MR) is 335 cm³/mol. The van der Waals surface area contributed by atoms with Crippen LogP contribution >= 0.6 is 0 Å². The highest BCUT2D eigenvalue weighted by Gasteiger charge is 2.28. The number of carboxylic acids is 1. The van der Waals surface area contributed by atoms with Crippen LogP contribution in [0.15, 0.2) is 143 Å². The van der Waals surface area contributed by atoms with E-state index in [0.717, 1.165) is 49.4 Å². The first-order chi connectivity index (χ1) is 42.2. The number of aromatic hydroxyl groups is 2. The number of rotatable bonds is 13. The Kier molecular flexibility index (Phi) is 20.8. The molecule has 0 radical (unpaired) electrons. The van der Waals surface area contributed by atoms with Crippen molar-refractivity contribution < 1.29 is 58.4 Å². The van der Waals surface area contributed by atoms with Gasteiger partial charge in [0.25, 0.3) is 5.91 Å². The molecule has 0 aliphatic carbocycles. The lowest BCUT2D eigenvalue weighted by molar-refractivity contribution is -0.132. The normalized spacial score (nSPS) is 13.9. The lowest BCUT2D eigenvalue weighted by Gasteiger charge is -2.32. The molecule has 4 heterocycles. The predicted octanol–water partition coefficient (Wildman–Crippen LogP) is 7.33. The number of aromatic nitrogens is 2. The van der Waals surface area contributed by atoms with Crippen LogP contribution < -0.4 is 11.1 Å². The molecule has 2 aliphatic heterocycles. The number of aromatic amines is 1. The van der Waals surface area contributed by atoms with Crippen molar-refractivity contribution in [1.82, 2.24) is 34.5 Å². The summed E-state index contributed by atoms with van der Waals surface area (Å²) >= 11 is 0. The molecule has 7 N–H and O–H groups in total. The van der Waals surface area contributed by atoms with Crippen LogP contribution in [-0.2, 0) is 19.1 Å². The quantitative estimate of drug-likeness (QED) is 0.0487. The van der Waals surface area contributed by atoms with E-state index in [0.29, 0.717) is 96.6 Å². The van der Waals surface area contributed by atoms with Crippen molar-refractivity contribution in [2.45, 2.75) is 20.8 Å². The van der Waals surface area contributed by atoms with Gasteiger partial charge in [0, 0.05) is 92.3 Å². The van der Waals surface area contributed by atoms with Gasteiger partial charge >= 0.3 is 17.9 Å². The second-order valence-corrected chi connectivity index (χ2v) is 21.1. The van der Waals surface area contributed by atoms with Crippen LogP contribution in [0, 0.1) is 13.8 Å². The zero-order valence-corrected chi connectivity index (χ0v) is 50.0. The number of carbonyl (C=O) groups is 7. The van der Waals surface area contributed by atoms with Gasteiger partial charge in [-0.05, 0) is 112 Å². The number of aromatic carboxylic acids is 1. The van der Waals surface area contributed by atoms with Crippen LogP contribution in [0.3, 0.4) is 0 Å². The summed E-state index contributed by atoms with van der Waals surface area (Å²) in [5, 5.41) is 35.4. The highest BCUT2D eigenvalue weighted by atomic mass is 16.5. The van der Waals surface area contributed by atoms with Crippen LogP contribution in [0.2, 0.25) is 0 Å². The molecule has 22 nitrogen and oxygen atoms in total. The van der Waals surface area contributed by atoms with Crippen LogP contribution in [-0.4, -0.2) is 191 Å². The minimum atomic E-state index is -1.05. The molecule has 456 valence electrons. The number of hydrogen-bond acceptors (Lipinski definition) is 16. The number of piperazine rings is 2. The number of aryl methyl sites for hydroxylation is 2. The number of nitrogens with one attached hydrogen (secondary N) is 2. The molecule has 0 atom stereocenters. The van der Waals surface area contributed by atoms with Crippen LogP contribution in [0.25, 0.3) is 21.8 Å². The van der Waals surface area contributed by atoms with Gasteiger partial charge in [0.1, 0.15) is 0 Å². The second-order valence-electron chi connectivity index (χ2n) is 21.1. The Balaban J connectivity index is 0.000000196. The van der Waals surface area contributed by atoms with Crippen LogP contribution in [0.1, 0.15) is 86.5 Å². The summed E-state index contributed by atoms with van der Waals surface area (Å²) in [6.07, 6.45) is 0. The van der Waals surface area contributed by atoms with Gasteiger partial charge < -0.3 is 60.4 Å². The van der Waals surface area contributed by atoms with Gasteiger partial charge in [-0.25, -0.2) is 24.4 Å². The van der Waals surface area contributed by atoms with E-state index in [1.165, 1.54) is 39.3 Å². The summed E-state index contributed by atoms with van der Waals surface area (Å²) in [5.74, 6) is -3.31. The number of aliphatic imine (C=N–C) groups is 2. The third-order valence-electron chi connectivity index (χ3n) is 15.1. The Labute approximate surface area is 508 Å². The summed E-state index contributed by atoms with van der Waals surface area (Å²) in [6, 6.07) is 38.0. The summed E-state index contributed by atoms with van der Waals surface area (Å²) in [6.45, 7) is 11.5. The molecule has 2 aliphatic rings. The molecule has 2 saturated heterocycles. The highest BCUT2D eigenvalue weighted by Crippen LogP contribution is 2.37. The standard InChI is InChI=1S/C32H33N5O5.C27H22N2O6.C7H15N3O/c1-20-17-25-26(18-24(20)32(41)42-3)35-31(40)28(25)29(21-7-5-4-6-8-21)34-23-11-9-22(10-12-23)30(39)33-19-27(38)37-15-13-36(2)14-16-37;1-15-13-21-22(14-20(15)27(34)35-3)29(16(2)30)25(31)23(21)24(17-7-5-4-6-8-17)28-19-11-9-18(10-12-19)26(32)33;1-9-2-4-10(5-3-9)7(11)6-8/h4-12,17-18,35,40H,13-16,19H2,1-3H3,(H,33,39);4-14,31H,1-3H3,(H,32,33);2-6,8H2,1H3. The average Bonchev–Trinajstić information content (AvgIpc) is 1.66. The molecule has 0 bridgehead atoms. The highest BCUT2D eigenvalue weighted by molar-refractivity contribution is 6.24. The lowest BCUT2D eigenvalue weighted by atomic mass is 9.98. The number of esters is 2. The average molecular weight is 1200 g/mol. The Morgan fingerprint density at radius 1 is 0.580 bits per heavy atom. The van der Waals surface area contributed by atoms with Crippen LogP contribution in [0.4, 0.5) is 11.4 Å². The number of methoxy groups -OCH3 is 2. The minimum Gasteiger partial charge on any atom is -0.494 e. The maximum atomic E-state index is 12.7. The molecule has 0 spiro atoms. The fourth-order valence-corrected chi connectivity index (χ4v) is 10.2. The molecule has 22 heteroatoms. The van der Waals surface area contributed by atoms with Gasteiger partial charge in [-0.1, -0.05) is 60.7 Å². The summed E-state index contributed by atoms with van der Waals surface area (Å²) in [4.78, 5) is 105. The topological polar surface area (TPSA) is 295 Å². The molecule has 6 aromatic carbocycles. The number of likely N-dealkylation sites (N-methyl/N-ethyl adjacent to an activating group) is 2. The Bertz CT molecular complexity index is 3950. The monoisotopic (exact) mass is 1190 g/mol. The zero-order valence-electron chi connectivity index (χ0n) is 50.0. The second kappa shape index (κ2) is 28.7. The number of H-pyrrole nitrogens is 1. The van der Waals surface area contributed by atoms with Crippen molar-refractivity contribution in [1.29, 1.82) is 0 Å². The van der Waals surface area contributed by atoms with E-state index >= 15 is 0 Å². The minimum absolute atomic E-state index is 0.0580. The van der Waals surface area contributed by atoms with E-state index in [-0.39, 0.29) is 53.7 Å². The molecule has 88 heavy (non-hydrogen) atoms. The summed E-state index contributed by atoms with van der Waals surface area (Å²) in [5.41, 5.74) is 12.8. The van der Waals surface area contributed by atoms with Gasteiger partial charge in [0.15, 0.2) is 5.88 Å². The molecule has 3 amide bonds. The number of carbonyl (C=O) groups excluding carboxylic acids is 6. The third kappa shape index (κ3) is 14.8. The zero-order chi connectivity index (χ0) is 63.3. The van der Waals surface area contributed by atoms with Crippen molar-refractivity contribution in [3.63, 3.8) is 0 Å². The first kappa shape index (κ1) is 63.7. The van der Waals surface area contributed by atoms with E-state index in [9.17, 15) is 48.9 Å². The number of hydrogen-bond donors (Lipinski definition) is 6. The fourth-order valence-electron chi connectivity index (χ4n) is 10.2. The molecular formula is C66H70N10O12. The maximum Gasteiger partial charge on any atom is 0.338 e. The largest absolute Gasteiger partial charge is 0.494 e. The van der Waals surface area contributed by atoms with Crippen molar-refractivity contribution in [2.24, 2.45) is 15.7 Å². The smallest absolute Gasteiger partial charge is 0.338 e. The van der Waals surface area contributed by atoms with E-state index in [4.69, 9.17) is 25.2 Å². The van der Waals surface area contributed by atoms with Gasteiger partial charge in [-0.2, -0.15) is 0 Å². The number of fused-ring (bicyclic) bond motifs is 2. The Morgan fingerprint density at radius 2 is 1.03 bits per heavy atom. The molecule has 0 unspecified atom stereocenters. The fraction of sp³-hybridized carbons (Fsp3) is 0.258. The van der Waals surface area contributed by atoms with Gasteiger partial charge in [-0.3, -0.25) is 23.7 Å². The lowest BCUT2D eigenvalue weighted by Crippen LogP contribution is -2.50. The first-order valence-corrected chi connectivity index (χ1v) is 28.3. The molecule has 10 rings (SSSR count). The van der Waals surface area contributed by atoms with Gasteiger partial charge in [0.2, 0.25) is 23.6 Å². The molecule has 2 fully saturated rings. The van der Waals surface area contributed by atoms with Gasteiger partial charge in [0.05, 0.1) is 83.4 Å². The van der Waals surface area contributed by atoms with E-state index in [1.54, 1.807) is 67.3 Å². The third-order valence-corrected chi connectivity index (χ3v) is 15.1. The molecule has 0 saturated carbocycles. The summed E-state index contributed by atoms with van der Waals surface area (Å²) < 4.78 is 10.9. The number of carboxylic acid groups (broad SMARTS) is 1. The van der Waals surface area contributed by atoms with Gasteiger partial charge in [-0.15, -0.1) is 0 Å². The van der Waals surface area contributed by atoms with Crippen LogP contribution in [0.5, 0.6) is 11.8 Å². The van der Waals surface area contributed by atoms with E-state index < -0.39 is 23.8 Å². The number of nitrogens with zero attached hydrogens (tertiary/aromatic N) is 7. The summed E-state index contributed by atoms with van der Waals surface area (Å²) in [7, 11) is 6.68. The number of amides is 3. The van der Waals surface area contributed by atoms with Crippen molar-refractivity contribution in [3.05, 3.63) is 189 Å². The van der Waals surface area contributed by atoms with Crippen molar-refractivity contribution in [3.8, 4) is 11.8 Å². The Hall–Kier alpha value is -10.3. The van der Waals surface area contributed by atoms with E-state index in [2.05, 4.69) is 27.1 Å². The number of nitrogens with two attached hydrogens (primary N) is 1. The SMILES string of the molecule is CN1CCN(C(=O)CN)CC1.COC(=O)c1cc2[nH]c(O)c(C(=Nc3ccc(C(=O)NCC(=O)N4CCN(C)CC4)cc3)c3ccccc3)c2cc1C.COC(=O)c1cc2c(cc1C)c(C(=Nc1ccc(C(=O)O)cc1)c1ccccc1)c(O)n2C(C)=O. The number of benzene rings is 6. The maximum absolute atomic E-state index is 12.7. The van der Waals surface area contributed by atoms with Crippen molar-refractivity contribution >= 4 is 86.1 Å². The molecular weight excluding hydrogens is 1120 g/mol. The molecule has 8 aromatic rings. The number of ether oxygens (including phenoxy) is 2. The Morgan fingerprint density at radius 3 is 1.50 bits per heavy atom. The first-order valence-electron chi connectivity index (χ1n) is 28.3. The van der Waals surface area contributed by atoms with E-state index in [1.807, 2.05) is 78.7 Å². The molecule has 2 aromatic heterocycles.